The first-order valence-electron chi connectivity index (χ1n) is 7.51. The van der Waals surface area contributed by atoms with Crippen LogP contribution in [0.3, 0.4) is 0 Å². The van der Waals surface area contributed by atoms with Gasteiger partial charge >= 0.3 is 6.18 Å². The van der Waals surface area contributed by atoms with Crippen LogP contribution in [-0.4, -0.2) is 18.0 Å². The monoisotopic (exact) mass is 328 g/mol. The van der Waals surface area contributed by atoms with E-state index >= 15 is 0 Å². The van der Waals surface area contributed by atoms with Gasteiger partial charge in [0.15, 0.2) is 0 Å². The zero-order valence-electron chi connectivity index (χ0n) is 12.7. The third-order valence-corrected chi connectivity index (χ3v) is 3.96. The number of halogens is 3. The van der Waals surface area contributed by atoms with Crippen molar-refractivity contribution >= 4 is 23.2 Å². The molecule has 2 unspecified atom stereocenters. The topological polar surface area (TPSA) is 58.2 Å². The molecule has 0 heterocycles. The second kappa shape index (κ2) is 7.02. The Morgan fingerprint density at radius 2 is 1.78 bits per heavy atom. The minimum absolute atomic E-state index is 0.0886. The van der Waals surface area contributed by atoms with Crippen LogP contribution in [0.4, 0.5) is 24.5 Å². The van der Waals surface area contributed by atoms with Gasteiger partial charge in [-0.15, -0.1) is 0 Å². The molecule has 1 fully saturated rings. The lowest BCUT2D eigenvalue weighted by molar-refractivity contribution is -0.185. The predicted molar refractivity (Wildman–Crippen MR) is 80.9 cm³/mol. The van der Waals surface area contributed by atoms with E-state index in [9.17, 15) is 22.8 Å². The molecule has 1 aromatic rings. The zero-order valence-corrected chi connectivity index (χ0v) is 12.7. The summed E-state index contributed by atoms with van der Waals surface area (Å²) in [5.74, 6) is -2.69. The predicted octanol–water partition coefficient (Wildman–Crippen LogP) is 3.95. The number of benzene rings is 1. The highest BCUT2D eigenvalue weighted by Gasteiger charge is 2.43. The molecule has 7 heteroatoms. The normalized spacial score (nSPS) is 21.6. The Morgan fingerprint density at radius 1 is 1.13 bits per heavy atom. The Morgan fingerprint density at radius 3 is 2.39 bits per heavy atom. The molecule has 23 heavy (non-hydrogen) atoms. The number of nitrogens with one attached hydrogen (secondary N) is 2. The number of rotatable bonds is 3. The lowest BCUT2D eigenvalue weighted by Crippen LogP contribution is -2.34. The summed E-state index contributed by atoms with van der Waals surface area (Å²) in [6.45, 7) is 1.37. The average molecular weight is 328 g/mol. The fourth-order valence-corrected chi connectivity index (χ4v) is 2.85. The largest absolute Gasteiger partial charge is 0.391 e. The van der Waals surface area contributed by atoms with E-state index in [1.165, 1.54) is 6.92 Å². The molecule has 0 saturated heterocycles. The van der Waals surface area contributed by atoms with Crippen molar-refractivity contribution in [3.8, 4) is 0 Å². The van der Waals surface area contributed by atoms with E-state index in [1.54, 1.807) is 24.3 Å². The molecule has 126 valence electrons. The van der Waals surface area contributed by atoms with Gasteiger partial charge in [-0.1, -0.05) is 12.5 Å². The van der Waals surface area contributed by atoms with Gasteiger partial charge in [0, 0.05) is 24.2 Å². The van der Waals surface area contributed by atoms with Crippen LogP contribution in [0.2, 0.25) is 0 Å². The maximum absolute atomic E-state index is 12.8. The summed E-state index contributed by atoms with van der Waals surface area (Å²) < 4.78 is 38.4. The highest BCUT2D eigenvalue weighted by Crippen LogP contribution is 2.40. The SMILES string of the molecule is CC(=O)Nc1cccc(NC(=O)C2CCCC(C(F)(F)F)C2)c1. The highest BCUT2D eigenvalue weighted by molar-refractivity contribution is 5.94. The van der Waals surface area contributed by atoms with Gasteiger partial charge in [0.25, 0.3) is 0 Å². The van der Waals surface area contributed by atoms with Crippen LogP contribution in [0.25, 0.3) is 0 Å². The molecule has 4 nitrogen and oxygen atoms in total. The van der Waals surface area contributed by atoms with E-state index < -0.39 is 23.9 Å². The zero-order chi connectivity index (χ0) is 17.0. The summed E-state index contributed by atoms with van der Waals surface area (Å²) in [5, 5.41) is 5.23. The highest BCUT2D eigenvalue weighted by atomic mass is 19.4. The van der Waals surface area contributed by atoms with Crippen LogP contribution in [0.5, 0.6) is 0 Å². The summed E-state index contributed by atoms with van der Waals surface area (Å²) in [6.07, 6.45) is -3.46. The molecule has 2 amide bonds. The minimum atomic E-state index is -4.25. The first kappa shape index (κ1) is 17.3. The smallest absolute Gasteiger partial charge is 0.326 e. The number of alkyl halides is 3. The lowest BCUT2D eigenvalue weighted by Gasteiger charge is -2.29. The second-order valence-corrected chi connectivity index (χ2v) is 5.85. The molecule has 0 aliphatic heterocycles. The molecule has 2 N–H and O–H groups in total. The lowest BCUT2D eigenvalue weighted by atomic mass is 9.80. The Hall–Kier alpha value is -2.05. The van der Waals surface area contributed by atoms with Gasteiger partial charge in [-0.2, -0.15) is 13.2 Å². The average Bonchev–Trinajstić information content (AvgIpc) is 2.46. The van der Waals surface area contributed by atoms with Gasteiger partial charge in [-0.25, -0.2) is 0 Å². The molecular formula is C16H19F3N2O2. The van der Waals surface area contributed by atoms with Crippen LogP contribution in [0.1, 0.15) is 32.6 Å². The third-order valence-electron chi connectivity index (χ3n) is 3.96. The van der Waals surface area contributed by atoms with E-state index in [2.05, 4.69) is 10.6 Å². The standard InChI is InChI=1S/C16H19F3N2O2/c1-10(22)20-13-6-3-7-14(9-13)21-15(23)11-4-2-5-12(8-11)16(17,18)19/h3,6-7,9,11-12H,2,4-5,8H2,1H3,(H,20,22)(H,21,23). The number of carbonyl (C=O) groups is 2. The van der Waals surface area contributed by atoms with Crippen molar-refractivity contribution < 1.29 is 22.8 Å². The molecule has 2 atom stereocenters. The molecular weight excluding hydrogens is 309 g/mol. The molecule has 1 aliphatic rings. The fraction of sp³-hybridized carbons (Fsp3) is 0.500. The maximum Gasteiger partial charge on any atom is 0.391 e. The van der Waals surface area contributed by atoms with Crippen molar-refractivity contribution in [2.45, 2.75) is 38.8 Å². The van der Waals surface area contributed by atoms with Crippen molar-refractivity contribution in [1.29, 1.82) is 0 Å². The van der Waals surface area contributed by atoms with Gasteiger partial charge < -0.3 is 10.6 Å². The number of anilines is 2. The fourth-order valence-electron chi connectivity index (χ4n) is 2.85. The number of hydrogen-bond donors (Lipinski definition) is 2. The van der Waals surface area contributed by atoms with Gasteiger partial charge in [0.05, 0.1) is 5.92 Å². The van der Waals surface area contributed by atoms with Crippen molar-refractivity contribution in [1.82, 2.24) is 0 Å². The first-order valence-corrected chi connectivity index (χ1v) is 7.51. The van der Waals surface area contributed by atoms with E-state index in [4.69, 9.17) is 0 Å². The first-order chi connectivity index (χ1) is 10.8. The summed E-state index contributed by atoms with van der Waals surface area (Å²) in [5.41, 5.74) is 0.975. The van der Waals surface area contributed by atoms with Gasteiger partial charge in [0.1, 0.15) is 0 Å². The van der Waals surface area contributed by atoms with Gasteiger partial charge in [-0.3, -0.25) is 9.59 Å². The van der Waals surface area contributed by atoms with Crippen molar-refractivity contribution in [3.05, 3.63) is 24.3 Å². The molecule has 2 rings (SSSR count). The Balaban J connectivity index is 2.00. The maximum atomic E-state index is 12.8. The second-order valence-electron chi connectivity index (χ2n) is 5.85. The van der Waals surface area contributed by atoms with E-state index in [-0.39, 0.29) is 18.7 Å². The molecule has 1 saturated carbocycles. The molecule has 0 aromatic heterocycles. The molecule has 1 aliphatic carbocycles. The van der Waals surface area contributed by atoms with E-state index in [0.29, 0.717) is 24.2 Å². The van der Waals surface area contributed by atoms with Crippen LogP contribution >= 0.6 is 0 Å². The van der Waals surface area contributed by atoms with Crippen LogP contribution < -0.4 is 10.6 Å². The van der Waals surface area contributed by atoms with Gasteiger partial charge in [0.2, 0.25) is 11.8 Å². The van der Waals surface area contributed by atoms with Crippen LogP contribution in [0.15, 0.2) is 24.3 Å². The number of carbonyl (C=O) groups excluding carboxylic acids is 2. The Labute approximate surface area is 132 Å². The van der Waals surface area contributed by atoms with E-state index in [0.717, 1.165) is 0 Å². The molecule has 0 radical (unpaired) electrons. The van der Waals surface area contributed by atoms with E-state index in [1.807, 2.05) is 0 Å². The minimum Gasteiger partial charge on any atom is -0.326 e. The van der Waals surface area contributed by atoms with Gasteiger partial charge in [-0.05, 0) is 37.5 Å². The number of amides is 2. The molecule has 0 spiro atoms. The summed E-state index contributed by atoms with van der Waals surface area (Å²) in [4.78, 5) is 23.2. The molecule has 0 bridgehead atoms. The Bertz CT molecular complexity index is 587. The summed E-state index contributed by atoms with van der Waals surface area (Å²) >= 11 is 0. The summed E-state index contributed by atoms with van der Waals surface area (Å²) in [7, 11) is 0. The third kappa shape index (κ3) is 4.97. The molecule has 1 aromatic carbocycles. The summed E-state index contributed by atoms with van der Waals surface area (Å²) in [6, 6.07) is 6.52. The number of hydrogen-bond acceptors (Lipinski definition) is 2. The van der Waals surface area contributed by atoms with Crippen molar-refractivity contribution in [3.63, 3.8) is 0 Å². The van der Waals surface area contributed by atoms with Crippen molar-refractivity contribution in [2.24, 2.45) is 11.8 Å². The van der Waals surface area contributed by atoms with Crippen LogP contribution in [0, 0.1) is 11.8 Å². The van der Waals surface area contributed by atoms with Crippen LogP contribution in [-0.2, 0) is 9.59 Å². The quantitative estimate of drug-likeness (QED) is 0.882. The van der Waals surface area contributed by atoms with Crippen molar-refractivity contribution in [2.75, 3.05) is 10.6 Å². The Kier molecular flexibility index (Phi) is 5.28.